The van der Waals surface area contributed by atoms with E-state index in [1.807, 2.05) is 0 Å². The zero-order valence-electron chi connectivity index (χ0n) is 10.8. The van der Waals surface area contributed by atoms with Crippen LogP contribution in [0.1, 0.15) is 54.9 Å². The molecule has 3 nitrogen and oxygen atoms in total. The molecule has 1 saturated heterocycles. The van der Waals surface area contributed by atoms with E-state index in [1.54, 1.807) is 11.3 Å². The van der Waals surface area contributed by atoms with Crippen LogP contribution < -0.4 is 4.90 Å². The molecule has 0 aliphatic carbocycles. The Bertz CT molecular complexity index is 402. The summed E-state index contributed by atoms with van der Waals surface area (Å²) >= 11 is 1.55. The van der Waals surface area contributed by atoms with Crippen LogP contribution in [0.2, 0.25) is 0 Å². The topological polar surface area (TPSA) is 33.2 Å². The molecule has 0 bridgehead atoms. The Balaban J connectivity index is 2.24. The number of aromatic nitrogens is 1. The molecule has 1 aromatic heterocycles. The maximum absolute atomic E-state index is 11.1. The van der Waals surface area contributed by atoms with Gasteiger partial charge in [0.2, 0.25) is 0 Å². The second kappa shape index (κ2) is 5.17. The van der Waals surface area contributed by atoms with E-state index in [1.165, 1.54) is 6.42 Å². The molecular formula is C13H20N2OS. The molecule has 94 valence electrons. The number of hydrogen-bond donors (Lipinski definition) is 0. The standard InChI is InChI=1S/C13H20N2OS/c1-4-10(3)12-11(8-16)17-13(14-12)15-6-5-9(2)7-15/h8-10H,4-7H2,1-3H3. The number of thiazole rings is 1. The molecule has 0 N–H and O–H groups in total. The Labute approximate surface area is 107 Å². The van der Waals surface area contributed by atoms with Crippen LogP contribution in [-0.4, -0.2) is 24.4 Å². The third kappa shape index (κ3) is 2.51. The van der Waals surface area contributed by atoms with Crippen molar-refractivity contribution < 1.29 is 4.79 Å². The van der Waals surface area contributed by atoms with Gasteiger partial charge in [-0.15, -0.1) is 0 Å². The molecule has 4 heteroatoms. The summed E-state index contributed by atoms with van der Waals surface area (Å²) < 4.78 is 0. The van der Waals surface area contributed by atoms with Gasteiger partial charge in [-0.05, 0) is 24.7 Å². The summed E-state index contributed by atoms with van der Waals surface area (Å²) in [7, 11) is 0. The van der Waals surface area contributed by atoms with Gasteiger partial charge in [-0.2, -0.15) is 0 Å². The summed E-state index contributed by atoms with van der Waals surface area (Å²) in [6.45, 7) is 8.69. The first-order chi connectivity index (χ1) is 8.15. The molecule has 2 unspecified atom stereocenters. The molecule has 0 aromatic carbocycles. The van der Waals surface area contributed by atoms with E-state index in [4.69, 9.17) is 0 Å². The molecular weight excluding hydrogens is 232 g/mol. The minimum absolute atomic E-state index is 0.375. The Hall–Kier alpha value is -0.900. The van der Waals surface area contributed by atoms with E-state index in [-0.39, 0.29) is 0 Å². The summed E-state index contributed by atoms with van der Waals surface area (Å²) in [6, 6.07) is 0. The van der Waals surface area contributed by atoms with Crippen molar-refractivity contribution in [3.63, 3.8) is 0 Å². The first kappa shape index (κ1) is 12.6. The van der Waals surface area contributed by atoms with Crippen molar-refractivity contribution in [2.75, 3.05) is 18.0 Å². The molecule has 1 fully saturated rings. The lowest BCUT2D eigenvalue weighted by Gasteiger charge is -2.13. The Morgan fingerprint density at radius 3 is 2.94 bits per heavy atom. The monoisotopic (exact) mass is 252 g/mol. The summed E-state index contributed by atoms with van der Waals surface area (Å²) in [5, 5.41) is 1.03. The molecule has 2 rings (SSSR count). The van der Waals surface area contributed by atoms with E-state index in [0.717, 1.165) is 47.4 Å². The van der Waals surface area contributed by atoms with Crippen molar-refractivity contribution in [1.82, 2.24) is 4.98 Å². The van der Waals surface area contributed by atoms with Gasteiger partial charge in [0.25, 0.3) is 0 Å². The van der Waals surface area contributed by atoms with Crippen molar-refractivity contribution in [2.24, 2.45) is 5.92 Å². The van der Waals surface area contributed by atoms with E-state index in [9.17, 15) is 4.79 Å². The second-order valence-electron chi connectivity index (χ2n) is 5.01. The molecule has 1 aromatic rings. The maximum Gasteiger partial charge on any atom is 0.186 e. The van der Waals surface area contributed by atoms with Gasteiger partial charge in [-0.25, -0.2) is 4.98 Å². The van der Waals surface area contributed by atoms with Crippen LogP contribution in [0.5, 0.6) is 0 Å². The molecule has 1 aliphatic rings. The molecule has 0 spiro atoms. The van der Waals surface area contributed by atoms with E-state index in [0.29, 0.717) is 5.92 Å². The summed E-state index contributed by atoms with van der Waals surface area (Å²) in [5.41, 5.74) is 0.988. The summed E-state index contributed by atoms with van der Waals surface area (Å²) in [5.74, 6) is 1.12. The smallest absolute Gasteiger partial charge is 0.186 e. The fourth-order valence-corrected chi connectivity index (χ4v) is 3.24. The van der Waals surface area contributed by atoms with Crippen LogP contribution in [0.25, 0.3) is 0 Å². The van der Waals surface area contributed by atoms with Crippen molar-refractivity contribution in [3.8, 4) is 0 Å². The highest BCUT2D eigenvalue weighted by atomic mass is 32.1. The van der Waals surface area contributed by atoms with E-state index >= 15 is 0 Å². The number of aldehydes is 1. The largest absolute Gasteiger partial charge is 0.348 e. The number of carbonyl (C=O) groups excluding carboxylic acids is 1. The molecule has 0 radical (unpaired) electrons. The number of carbonyl (C=O) groups is 1. The molecule has 2 heterocycles. The van der Waals surface area contributed by atoms with Gasteiger partial charge >= 0.3 is 0 Å². The molecule has 0 amide bonds. The maximum atomic E-state index is 11.1. The van der Waals surface area contributed by atoms with Gasteiger partial charge in [-0.3, -0.25) is 4.79 Å². The highest BCUT2D eigenvalue weighted by Crippen LogP contribution is 2.33. The highest BCUT2D eigenvalue weighted by molar-refractivity contribution is 7.17. The predicted octanol–water partition coefficient (Wildman–Crippen LogP) is 3.32. The highest BCUT2D eigenvalue weighted by Gasteiger charge is 2.24. The minimum Gasteiger partial charge on any atom is -0.348 e. The van der Waals surface area contributed by atoms with Gasteiger partial charge in [0, 0.05) is 13.1 Å². The molecule has 2 atom stereocenters. The van der Waals surface area contributed by atoms with Crippen molar-refractivity contribution in [3.05, 3.63) is 10.6 Å². The SMILES string of the molecule is CCC(C)c1nc(N2CCC(C)C2)sc1C=O. The quantitative estimate of drug-likeness (QED) is 0.771. The van der Waals surface area contributed by atoms with Crippen LogP contribution in [0.3, 0.4) is 0 Å². The third-order valence-electron chi connectivity index (χ3n) is 3.55. The fraction of sp³-hybridized carbons (Fsp3) is 0.692. The molecule has 17 heavy (non-hydrogen) atoms. The van der Waals surface area contributed by atoms with E-state index < -0.39 is 0 Å². The van der Waals surface area contributed by atoms with Gasteiger partial charge in [0.1, 0.15) is 0 Å². The first-order valence-electron chi connectivity index (χ1n) is 6.36. The van der Waals surface area contributed by atoms with Crippen LogP contribution in [0.4, 0.5) is 5.13 Å². The number of nitrogens with zero attached hydrogens (tertiary/aromatic N) is 2. The lowest BCUT2D eigenvalue weighted by molar-refractivity contribution is 0.112. The van der Waals surface area contributed by atoms with Gasteiger partial charge < -0.3 is 4.90 Å². The first-order valence-corrected chi connectivity index (χ1v) is 7.18. The van der Waals surface area contributed by atoms with Crippen LogP contribution >= 0.6 is 11.3 Å². The minimum atomic E-state index is 0.375. The average molecular weight is 252 g/mol. The molecule has 1 aliphatic heterocycles. The van der Waals surface area contributed by atoms with Gasteiger partial charge in [0.15, 0.2) is 11.4 Å². The normalized spacial score (nSPS) is 21.8. The Morgan fingerprint density at radius 1 is 1.65 bits per heavy atom. The van der Waals surface area contributed by atoms with Gasteiger partial charge in [0.05, 0.1) is 10.6 Å². The third-order valence-corrected chi connectivity index (χ3v) is 4.61. The Kier molecular flexibility index (Phi) is 3.82. The predicted molar refractivity (Wildman–Crippen MR) is 72.2 cm³/mol. The average Bonchev–Trinajstić information content (AvgIpc) is 2.93. The summed E-state index contributed by atoms with van der Waals surface area (Å²) in [4.78, 5) is 18.9. The van der Waals surface area contributed by atoms with E-state index in [2.05, 4.69) is 30.7 Å². The van der Waals surface area contributed by atoms with Crippen LogP contribution in [0.15, 0.2) is 0 Å². The number of hydrogen-bond acceptors (Lipinski definition) is 4. The van der Waals surface area contributed by atoms with Crippen LogP contribution in [0, 0.1) is 5.92 Å². The summed E-state index contributed by atoms with van der Waals surface area (Å²) in [6.07, 6.45) is 3.22. The fourth-order valence-electron chi connectivity index (χ4n) is 2.21. The van der Waals surface area contributed by atoms with Crippen molar-refractivity contribution in [2.45, 2.75) is 39.5 Å². The van der Waals surface area contributed by atoms with Crippen LogP contribution in [-0.2, 0) is 0 Å². The number of rotatable bonds is 4. The lowest BCUT2D eigenvalue weighted by atomic mass is 10.0. The zero-order valence-corrected chi connectivity index (χ0v) is 11.6. The molecule has 0 saturated carbocycles. The lowest BCUT2D eigenvalue weighted by Crippen LogP contribution is -2.18. The zero-order chi connectivity index (χ0) is 12.4. The van der Waals surface area contributed by atoms with Crippen molar-refractivity contribution in [1.29, 1.82) is 0 Å². The second-order valence-corrected chi connectivity index (χ2v) is 6.02. The number of anilines is 1. The van der Waals surface area contributed by atoms with Gasteiger partial charge in [-0.1, -0.05) is 32.1 Å². The Morgan fingerprint density at radius 2 is 2.41 bits per heavy atom. The van der Waals surface area contributed by atoms with Crippen molar-refractivity contribution >= 4 is 22.8 Å².